The van der Waals surface area contributed by atoms with Gasteiger partial charge in [0.1, 0.15) is 16.8 Å². The molecule has 0 fully saturated rings. The number of thiocarbonyl (C=S) groups is 1. The van der Waals surface area contributed by atoms with Gasteiger partial charge in [-0.1, -0.05) is 18.2 Å². The van der Waals surface area contributed by atoms with Crippen molar-refractivity contribution >= 4 is 68.6 Å². The minimum atomic E-state index is -0.199. The first-order valence-electron chi connectivity index (χ1n) is 11.4. The molecular weight excluding hydrogens is 527 g/mol. The van der Waals surface area contributed by atoms with Crippen LogP contribution in [0.4, 0.5) is 16.4 Å². The number of fused-ring (bicyclic) bond motifs is 1. The summed E-state index contributed by atoms with van der Waals surface area (Å²) < 4.78 is 5.34. The number of nitrogens with zero attached hydrogens (tertiary/aromatic N) is 2. The molecule has 0 unspecified atom stereocenters. The van der Waals surface area contributed by atoms with Crippen molar-refractivity contribution in [3.63, 3.8) is 0 Å². The first-order chi connectivity index (χ1) is 17.9. The minimum absolute atomic E-state index is 0.00704. The molecule has 0 bridgehead atoms. The second-order valence-corrected chi connectivity index (χ2v) is 10.7. The van der Waals surface area contributed by atoms with E-state index in [0.717, 1.165) is 26.7 Å². The van der Waals surface area contributed by atoms with Gasteiger partial charge in [0.15, 0.2) is 5.11 Å². The Morgan fingerprint density at radius 2 is 2.00 bits per heavy atom. The maximum atomic E-state index is 12.7. The Labute approximate surface area is 229 Å². The van der Waals surface area contributed by atoms with Gasteiger partial charge in [0.2, 0.25) is 11.8 Å². The third kappa shape index (κ3) is 6.60. The summed E-state index contributed by atoms with van der Waals surface area (Å²) in [4.78, 5) is 28.0. The van der Waals surface area contributed by atoms with Gasteiger partial charge in [-0.15, -0.1) is 23.1 Å². The van der Waals surface area contributed by atoms with Crippen molar-refractivity contribution in [3.05, 3.63) is 64.5 Å². The number of amides is 2. The van der Waals surface area contributed by atoms with Crippen LogP contribution in [0.15, 0.2) is 53.4 Å². The van der Waals surface area contributed by atoms with E-state index < -0.39 is 0 Å². The molecule has 11 heteroatoms. The van der Waals surface area contributed by atoms with Crippen LogP contribution in [0.2, 0.25) is 0 Å². The predicted octanol–water partition coefficient (Wildman–Crippen LogP) is 5.07. The van der Waals surface area contributed by atoms with Crippen LogP contribution in [-0.2, 0) is 22.6 Å². The topological polar surface area (TPSA) is 106 Å². The van der Waals surface area contributed by atoms with E-state index in [4.69, 9.17) is 17.0 Å². The fraction of sp³-hybridized carbons (Fsp3) is 0.231. The Morgan fingerprint density at radius 1 is 1.19 bits per heavy atom. The number of anilines is 3. The molecule has 0 atom stereocenters. The van der Waals surface area contributed by atoms with Crippen LogP contribution < -0.4 is 20.7 Å². The lowest BCUT2D eigenvalue weighted by Crippen LogP contribution is -2.33. The molecule has 8 nitrogen and oxygen atoms in total. The number of nitrogens with one attached hydrogen (secondary N) is 3. The maximum absolute atomic E-state index is 12.7. The zero-order chi connectivity index (χ0) is 26.4. The summed E-state index contributed by atoms with van der Waals surface area (Å²) in [6, 6.07) is 17.3. The van der Waals surface area contributed by atoms with Crippen LogP contribution in [0.3, 0.4) is 0 Å². The van der Waals surface area contributed by atoms with Gasteiger partial charge in [0, 0.05) is 28.9 Å². The average Bonchev–Trinajstić information content (AvgIpc) is 3.23. The fourth-order valence-electron chi connectivity index (χ4n) is 3.89. The molecule has 0 radical (unpaired) electrons. The number of thioether (sulfide) groups is 1. The first kappa shape index (κ1) is 26.5. The van der Waals surface area contributed by atoms with Gasteiger partial charge in [-0.25, -0.2) is 0 Å². The maximum Gasteiger partial charge on any atom is 0.235 e. The molecule has 3 aromatic rings. The van der Waals surface area contributed by atoms with E-state index in [9.17, 15) is 14.9 Å². The number of benzene rings is 2. The SMILES string of the molecule is COc1ccccc1NC(=S)Nc1cccc(SCC(=O)Nc2sc3c(c2C#N)CCN(C(C)=O)C3)c1. The molecule has 0 spiro atoms. The monoisotopic (exact) mass is 551 g/mol. The molecule has 3 N–H and O–H groups in total. The van der Waals surface area contributed by atoms with Crippen LogP contribution in [0, 0.1) is 11.3 Å². The molecule has 2 aromatic carbocycles. The lowest BCUT2D eigenvalue weighted by molar-refractivity contribution is -0.129. The van der Waals surface area contributed by atoms with Crippen molar-refractivity contribution in [2.45, 2.75) is 24.8 Å². The highest BCUT2D eigenvalue weighted by molar-refractivity contribution is 8.00. The molecule has 1 aromatic heterocycles. The van der Waals surface area contributed by atoms with Crippen molar-refractivity contribution in [3.8, 4) is 11.8 Å². The summed E-state index contributed by atoms with van der Waals surface area (Å²) in [6.07, 6.45) is 0.618. The van der Waals surface area contributed by atoms with E-state index in [2.05, 4.69) is 22.0 Å². The van der Waals surface area contributed by atoms with Crippen LogP contribution in [0.25, 0.3) is 0 Å². The molecule has 1 aliphatic rings. The lowest BCUT2D eigenvalue weighted by atomic mass is 10.0. The van der Waals surface area contributed by atoms with Crippen molar-refractivity contribution in [1.29, 1.82) is 5.26 Å². The highest BCUT2D eigenvalue weighted by Gasteiger charge is 2.26. The summed E-state index contributed by atoms with van der Waals surface area (Å²) in [7, 11) is 1.60. The summed E-state index contributed by atoms with van der Waals surface area (Å²) >= 11 is 8.19. The lowest BCUT2D eigenvalue weighted by Gasteiger charge is -2.25. The summed E-state index contributed by atoms with van der Waals surface area (Å²) in [5, 5.41) is 19.8. The summed E-state index contributed by atoms with van der Waals surface area (Å²) in [5.41, 5.74) is 2.98. The van der Waals surface area contributed by atoms with Gasteiger partial charge in [0.25, 0.3) is 0 Å². The molecule has 0 saturated carbocycles. The van der Waals surface area contributed by atoms with Crippen LogP contribution >= 0.6 is 35.3 Å². The largest absolute Gasteiger partial charge is 0.495 e. The second-order valence-electron chi connectivity index (χ2n) is 8.15. The normalized spacial score (nSPS) is 12.2. The predicted molar refractivity (Wildman–Crippen MR) is 152 cm³/mol. The summed E-state index contributed by atoms with van der Waals surface area (Å²) in [5.74, 6) is 0.674. The van der Waals surface area contributed by atoms with Crippen molar-refractivity contribution in [2.24, 2.45) is 0 Å². The van der Waals surface area contributed by atoms with Gasteiger partial charge in [-0.05, 0) is 54.5 Å². The number of carbonyl (C=O) groups is 2. The summed E-state index contributed by atoms with van der Waals surface area (Å²) in [6.45, 7) is 2.60. The molecular formula is C26H25N5O3S3. The van der Waals surface area contributed by atoms with E-state index in [0.29, 0.717) is 40.9 Å². The number of ether oxygens (including phenoxy) is 1. The van der Waals surface area contributed by atoms with E-state index >= 15 is 0 Å². The van der Waals surface area contributed by atoms with Gasteiger partial charge in [0.05, 0.1) is 30.7 Å². The van der Waals surface area contributed by atoms with Gasteiger partial charge in [-0.2, -0.15) is 5.26 Å². The number of rotatable bonds is 7. The Morgan fingerprint density at radius 3 is 2.76 bits per heavy atom. The number of nitriles is 1. The number of thiophene rings is 1. The molecule has 2 heterocycles. The smallest absolute Gasteiger partial charge is 0.235 e. The molecule has 1 aliphatic heterocycles. The Bertz CT molecular complexity index is 1380. The minimum Gasteiger partial charge on any atom is -0.495 e. The molecule has 37 heavy (non-hydrogen) atoms. The van der Waals surface area contributed by atoms with Gasteiger partial charge < -0.3 is 25.6 Å². The Hall–Kier alpha value is -3.59. The number of hydrogen-bond donors (Lipinski definition) is 3. The Kier molecular flexibility index (Phi) is 8.66. The fourth-order valence-corrected chi connectivity index (χ4v) is 6.10. The first-order valence-corrected chi connectivity index (χ1v) is 13.6. The van der Waals surface area contributed by atoms with Gasteiger partial charge >= 0.3 is 0 Å². The number of methoxy groups -OCH3 is 1. The number of carbonyl (C=O) groups excluding carboxylic acids is 2. The highest BCUT2D eigenvalue weighted by atomic mass is 32.2. The quantitative estimate of drug-likeness (QED) is 0.276. The number of hydrogen-bond acceptors (Lipinski definition) is 7. The standard InChI is InChI=1S/C26H25N5O3S3/c1-16(32)31-11-10-19-20(13-27)25(37-23(19)14-31)30-24(33)15-36-18-7-5-6-17(12-18)28-26(35)29-21-8-3-4-9-22(21)34-2/h3-9,12H,10-11,14-15H2,1-2H3,(H,30,33)(H2,28,29,35). The van der Waals surface area contributed by atoms with Crippen molar-refractivity contribution < 1.29 is 14.3 Å². The van der Waals surface area contributed by atoms with Crippen LogP contribution in [-0.4, -0.2) is 41.2 Å². The van der Waals surface area contributed by atoms with E-state index in [1.54, 1.807) is 18.9 Å². The zero-order valence-corrected chi connectivity index (χ0v) is 22.7. The van der Waals surface area contributed by atoms with Crippen LogP contribution in [0.5, 0.6) is 5.75 Å². The van der Waals surface area contributed by atoms with Gasteiger partial charge in [-0.3, -0.25) is 9.59 Å². The Balaban J connectivity index is 1.34. The van der Waals surface area contributed by atoms with E-state index in [1.165, 1.54) is 23.1 Å². The zero-order valence-electron chi connectivity index (χ0n) is 20.3. The third-order valence-corrected chi connectivity index (χ3v) is 8.01. The van der Waals surface area contributed by atoms with E-state index in [1.807, 2.05) is 48.5 Å². The highest BCUT2D eigenvalue weighted by Crippen LogP contribution is 2.37. The molecule has 0 aliphatic carbocycles. The second kappa shape index (κ2) is 12.1. The average molecular weight is 552 g/mol. The van der Waals surface area contributed by atoms with Crippen molar-refractivity contribution in [2.75, 3.05) is 35.4 Å². The molecule has 0 saturated heterocycles. The molecule has 4 rings (SSSR count). The van der Waals surface area contributed by atoms with Crippen molar-refractivity contribution in [1.82, 2.24) is 4.90 Å². The van der Waals surface area contributed by atoms with Crippen LogP contribution in [0.1, 0.15) is 22.9 Å². The van der Waals surface area contributed by atoms with E-state index in [-0.39, 0.29) is 17.6 Å². The number of para-hydroxylation sites is 2. The molecule has 190 valence electrons. The third-order valence-electron chi connectivity index (χ3n) is 5.68. The molecule has 2 amide bonds.